The summed E-state index contributed by atoms with van der Waals surface area (Å²) in [5, 5.41) is 10.5. The summed E-state index contributed by atoms with van der Waals surface area (Å²) in [7, 11) is 0. The van der Waals surface area contributed by atoms with Gasteiger partial charge < -0.3 is 10.6 Å². The van der Waals surface area contributed by atoms with Crippen LogP contribution in [0.25, 0.3) is 10.6 Å². The number of rotatable bonds is 10. The molecule has 0 N–H and O–H groups in total. The second-order valence-corrected chi connectivity index (χ2v) is 12.1. The third-order valence-electron chi connectivity index (χ3n) is 7.06. The van der Waals surface area contributed by atoms with Gasteiger partial charge >= 0.3 is 0 Å². The Kier molecular flexibility index (Phi) is 15.7. The molecule has 43 heavy (non-hydrogen) atoms. The number of nitrogens with zero attached hydrogens (tertiary/aromatic N) is 2. The predicted octanol–water partition coefficient (Wildman–Crippen LogP) is 12.2. The Morgan fingerprint density at radius 3 is 1.05 bits per heavy atom. The normalized spacial score (nSPS) is 12.6. The van der Waals surface area contributed by atoms with Crippen molar-refractivity contribution < 1.29 is 49.3 Å². The van der Waals surface area contributed by atoms with Gasteiger partial charge in [-0.25, -0.2) is 13.2 Å². The summed E-state index contributed by atoms with van der Waals surface area (Å²) in [6.07, 6.45) is 0.952. The number of hydrogen-bond donors (Lipinski definition) is 0. The van der Waals surface area contributed by atoms with Crippen LogP contribution in [0.5, 0.6) is 0 Å². The molecule has 2 unspecified atom stereocenters. The summed E-state index contributed by atoms with van der Waals surface area (Å²) in [4.78, 5) is 0. The van der Waals surface area contributed by atoms with Gasteiger partial charge in [-0.2, -0.15) is 0 Å². The zero-order valence-corrected chi connectivity index (χ0v) is 31.2. The van der Waals surface area contributed by atoms with Crippen molar-refractivity contribution in [2.75, 3.05) is 0 Å². The van der Waals surface area contributed by atoms with E-state index in [-0.39, 0.29) is 39.4 Å². The number of halogens is 5. The van der Waals surface area contributed by atoms with Crippen molar-refractivity contribution in [3.63, 3.8) is 0 Å². The summed E-state index contributed by atoms with van der Waals surface area (Å²) in [6.45, 7) is 22.6. The molecular weight excluding hydrogens is 656 g/mol. The van der Waals surface area contributed by atoms with Crippen molar-refractivity contribution in [2.45, 2.75) is 111 Å². The first kappa shape index (κ1) is 38.9. The Bertz CT molecular complexity index is 1180. The fourth-order valence-electron chi connectivity index (χ4n) is 4.86. The van der Waals surface area contributed by atoms with Crippen molar-refractivity contribution in [1.82, 2.24) is 0 Å². The molecule has 3 aromatic rings. The Morgan fingerprint density at radius 2 is 0.791 bits per heavy atom. The molecule has 0 saturated carbocycles. The van der Waals surface area contributed by atoms with E-state index in [0.29, 0.717) is 23.7 Å². The summed E-state index contributed by atoms with van der Waals surface area (Å²) in [5.41, 5.74) is 7.84. The van der Waals surface area contributed by atoms with Gasteiger partial charge in [-0.15, -0.1) is 29.5 Å². The zero-order chi connectivity index (χ0) is 31.9. The molecule has 8 heteroatoms. The summed E-state index contributed by atoms with van der Waals surface area (Å²) >= 11 is 0. The van der Waals surface area contributed by atoms with Gasteiger partial charge in [0.25, 0.3) is 0 Å². The number of para-hydroxylation sites is 2. The molecule has 0 amide bonds. The third-order valence-corrected chi connectivity index (χ3v) is 7.06. The molecule has 3 rings (SSSR count). The molecule has 0 radical (unpaired) electrons. The van der Waals surface area contributed by atoms with E-state index in [1.807, 2.05) is 0 Å². The summed E-state index contributed by atoms with van der Waals surface area (Å²) < 4.78 is 59.9. The van der Waals surface area contributed by atoms with Crippen LogP contribution in [0.15, 0.2) is 36.4 Å². The van der Waals surface area contributed by atoms with Crippen LogP contribution in [0.2, 0.25) is 0 Å². The smallest absolute Gasteiger partial charge is 0.0893 e. The van der Waals surface area contributed by atoms with Crippen LogP contribution >= 0.6 is 0 Å². The average molecular weight is 700 g/mol. The largest absolute Gasteiger partial charge is 0.681 e. The molecule has 0 aromatic heterocycles. The van der Waals surface area contributed by atoms with Crippen LogP contribution in [-0.2, 0) is 27.3 Å². The van der Waals surface area contributed by atoms with E-state index in [4.69, 9.17) is 10.6 Å². The van der Waals surface area contributed by atoms with Gasteiger partial charge in [-0.1, -0.05) is 134 Å². The minimum absolute atomic E-state index is 0. The number of benzene rings is 3. The van der Waals surface area contributed by atoms with Crippen molar-refractivity contribution in [1.29, 1.82) is 0 Å². The minimum atomic E-state index is -2.17. The van der Waals surface area contributed by atoms with Gasteiger partial charge in [0.1, 0.15) is 0 Å². The molecule has 0 heterocycles. The van der Waals surface area contributed by atoms with Crippen LogP contribution in [0.3, 0.4) is 0 Å². The van der Waals surface area contributed by atoms with E-state index < -0.39 is 29.1 Å². The van der Waals surface area contributed by atoms with Gasteiger partial charge in [-0.05, 0) is 23.7 Å². The zero-order valence-electron chi connectivity index (χ0n) is 27.1. The van der Waals surface area contributed by atoms with E-state index >= 15 is 0 Å². The molecule has 0 aliphatic rings. The fraction of sp³-hybridized carbons (Fsp3) is 0.486. The second-order valence-electron chi connectivity index (χ2n) is 12.1. The van der Waals surface area contributed by atoms with Crippen molar-refractivity contribution in [3.8, 4) is 0 Å². The minimum Gasteiger partial charge on any atom is -0.681 e. The summed E-state index contributed by atoms with van der Waals surface area (Å²) in [6, 6.07) is 14.8. The second kappa shape index (κ2) is 17.4. The average Bonchev–Trinajstić information content (AvgIpc) is 2.90. The van der Waals surface area contributed by atoms with Crippen LogP contribution in [-0.4, -0.2) is 12.1 Å². The maximum absolute atomic E-state index is 12.0. The molecule has 0 aliphatic heterocycles. The quantitative estimate of drug-likeness (QED) is 0.0662. The van der Waals surface area contributed by atoms with Crippen molar-refractivity contribution in [3.05, 3.63) is 104 Å². The van der Waals surface area contributed by atoms with Crippen molar-refractivity contribution >= 4 is 11.4 Å². The van der Waals surface area contributed by atoms with E-state index in [9.17, 15) is 22.0 Å². The van der Waals surface area contributed by atoms with Crippen LogP contribution in [0.4, 0.5) is 33.3 Å². The molecule has 0 bridgehead atoms. The molecule has 0 fully saturated rings. The van der Waals surface area contributed by atoms with Crippen LogP contribution in [0, 0.1) is 35.2 Å². The molecule has 3 aromatic carbocycles. The van der Waals surface area contributed by atoms with Gasteiger partial charge in [0.15, 0.2) is 0 Å². The van der Waals surface area contributed by atoms with Gasteiger partial charge in [0.2, 0.25) is 0 Å². The SMILES string of the molecule is CC(CC(C)[N-]c1c(C(C)C)cccc1C(C)C)[N-]c1c(C(C)C)cccc1C(C)C.Fc1[c-]c(F)c(F)c(F)c1F.[Cd]. The van der Waals surface area contributed by atoms with E-state index in [2.05, 4.69) is 106 Å². The number of hydrogen-bond acceptors (Lipinski definition) is 0. The first-order valence-corrected chi connectivity index (χ1v) is 14.6. The van der Waals surface area contributed by atoms with Crippen molar-refractivity contribution in [2.24, 2.45) is 0 Å². The van der Waals surface area contributed by atoms with Crippen LogP contribution in [0.1, 0.15) is 122 Å². The Balaban J connectivity index is 0.000000647. The molecular formula is C35H44CdF5N2-3. The first-order valence-electron chi connectivity index (χ1n) is 14.6. The van der Waals surface area contributed by atoms with Gasteiger partial charge in [0, 0.05) is 27.3 Å². The monoisotopic (exact) mass is 701 g/mol. The molecule has 2 nitrogen and oxygen atoms in total. The van der Waals surface area contributed by atoms with E-state index in [1.165, 1.54) is 33.6 Å². The third kappa shape index (κ3) is 10.5. The molecule has 2 atom stereocenters. The Hall–Kier alpha value is -2.17. The van der Waals surface area contributed by atoms with E-state index in [1.54, 1.807) is 0 Å². The maximum Gasteiger partial charge on any atom is 0.0893 e. The molecule has 0 spiro atoms. The Labute approximate surface area is 275 Å². The first-order chi connectivity index (χ1) is 19.6. The summed E-state index contributed by atoms with van der Waals surface area (Å²) in [5.74, 6) is -8.16. The van der Waals surface area contributed by atoms with Gasteiger partial charge in [-0.3, -0.25) is 8.78 Å². The molecule has 0 aliphatic carbocycles. The standard InChI is InChI=1S/C29H44N2.C6F5.Cd/c1-18(2)24-13-11-14-25(19(3)4)28(24)30-22(9)17-23(10)31-29-26(20(5)6)15-12-16-27(29)21(7)8;7-2-1-3(8)5(10)6(11)4(2)9;/h11-16,18-23H,17H2,1-10H3;;/q-2;-1;. The van der Waals surface area contributed by atoms with E-state index in [0.717, 1.165) is 12.5 Å². The maximum atomic E-state index is 12.0. The topological polar surface area (TPSA) is 28.2 Å². The molecule has 234 valence electrons. The Morgan fingerprint density at radius 1 is 0.512 bits per heavy atom. The fourth-order valence-corrected chi connectivity index (χ4v) is 4.86. The van der Waals surface area contributed by atoms with Gasteiger partial charge in [0.05, 0.1) is 29.1 Å². The van der Waals surface area contributed by atoms with Crippen LogP contribution < -0.4 is 0 Å². The predicted molar refractivity (Wildman–Crippen MR) is 164 cm³/mol. The molecule has 0 saturated heterocycles.